The Morgan fingerprint density at radius 1 is 1.02 bits per heavy atom. The molecule has 8 rings (SSSR count). The first kappa shape index (κ1) is 42.1. The Hall–Kier alpha value is -5.63. The molecule has 1 amide bonds. The zero-order chi connectivity index (χ0) is 43.4. The molecule has 17 heteroatoms. The smallest absolute Gasteiger partial charge is 0.355 e. The van der Waals surface area contributed by atoms with Crippen molar-refractivity contribution in [3.63, 3.8) is 0 Å². The maximum atomic E-state index is 14.9. The minimum atomic E-state index is -3.16. The maximum Gasteiger partial charge on any atom is 0.355 e. The molecule has 3 aromatic carbocycles. The number of H-pyrrole nitrogens is 1. The molecule has 1 saturated carbocycles. The fourth-order valence-corrected chi connectivity index (χ4v) is 10.2. The molecular weight excluding hydrogens is 792 g/mol. The first-order valence-electron chi connectivity index (χ1n) is 20.0. The number of aliphatic hydroxyl groups excluding tert-OH is 5. The zero-order valence-corrected chi connectivity index (χ0v) is 32.8. The number of hydrogen-bond donors (Lipinski definition) is 11. The summed E-state index contributed by atoms with van der Waals surface area (Å²) in [5, 5.41) is 97.1. The number of nitrogens with one attached hydrogen (secondary N) is 1. The molecule has 2 aliphatic heterocycles. The van der Waals surface area contributed by atoms with Crippen LogP contribution in [-0.4, -0.2) is 123 Å². The largest absolute Gasteiger partial charge is 0.508 e. The number of ether oxygens (including phenoxy) is 2. The Morgan fingerprint density at radius 3 is 2.44 bits per heavy atom. The van der Waals surface area contributed by atoms with Gasteiger partial charge in [0.2, 0.25) is 0 Å². The van der Waals surface area contributed by atoms with E-state index in [-0.39, 0.29) is 30.0 Å². The molecule has 10 atom stereocenters. The van der Waals surface area contributed by atoms with Gasteiger partial charge in [-0.1, -0.05) is 48.4 Å². The van der Waals surface area contributed by atoms with Crippen LogP contribution in [0, 0.1) is 5.92 Å². The molecule has 61 heavy (non-hydrogen) atoms. The zero-order valence-electron chi connectivity index (χ0n) is 32.8. The highest BCUT2D eigenvalue weighted by Gasteiger charge is 2.69. The lowest BCUT2D eigenvalue weighted by atomic mass is 9.59. The molecule has 0 radical (unpaired) electrons. The van der Waals surface area contributed by atoms with Crippen molar-refractivity contribution >= 4 is 23.6 Å². The lowest BCUT2D eigenvalue weighted by Gasteiger charge is -2.45. The van der Waals surface area contributed by atoms with Gasteiger partial charge in [-0.2, -0.15) is 0 Å². The van der Waals surface area contributed by atoms with E-state index in [9.17, 15) is 55.5 Å². The number of aliphatic hydroxyl groups is 6. The minimum absolute atomic E-state index is 0.00336. The van der Waals surface area contributed by atoms with E-state index in [4.69, 9.17) is 15.2 Å². The molecule has 0 unspecified atom stereocenters. The van der Waals surface area contributed by atoms with Gasteiger partial charge in [0.15, 0.2) is 23.1 Å². The molecule has 0 bridgehead atoms. The number of benzene rings is 3. The highest BCUT2D eigenvalue weighted by Crippen LogP contribution is 2.66. The van der Waals surface area contributed by atoms with Gasteiger partial charge in [-0.15, -0.1) is 0 Å². The van der Waals surface area contributed by atoms with Crippen LogP contribution in [0.15, 0.2) is 90.9 Å². The summed E-state index contributed by atoms with van der Waals surface area (Å²) < 4.78 is 10.9. The summed E-state index contributed by atoms with van der Waals surface area (Å²) in [4.78, 5) is 37.2. The number of phenols is 2. The van der Waals surface area contributed by atoms with E-state index >= 15 is 0 Å². The summed E-state index contributed by atoms with van der Waals surface area (Å²) in [6.45, 7) is -1.26. The van der Waals surface area contributed by atoms with E-state index in [0.717, 1.165) is 22.2 Å². The molecule has 322 valence electrons. The molecule has 1 aromatic heterocycles. The number of hydrogen-bond acceptors (Lipinski definition) is 14. The van der Waals surface area contributed by atoms with E-state index < -0.39 is 89.2 Å². The van der Waals surface area contributed by atoms with Gasteiger partial charge < -0.3 is 66.2 Å². The topological polar surface area (TPSA) is 293 Å². The molecule has 3 heterocycles. The monoisotopic (exact) mass is 840 g/mol. The predicted molar refractivity (Wildman–Crippen MR) is 216 cm³/mol. The third-order valence-electron chi connectivity index (χ3n) is 12.9. The summed E-state index contributed by atoms with van der Waals surface area (Å²) >= 11 is 0. The number of amides is 1. The Labute approximate surface area is 349 Å². The molecule has 2 fully saturated rings. The van der Waals surface area contributed by atoms with Crippen molar-refractivity contribution < 1.29 is 65.0 Å². The summed E-state index contributed by atoms with van der Waals surface area (Å²) in [5.41, 5.74) is 7.24. The number of imidazole rings is 1. The minimum Gasteiger partial charge on any atom is -0.508 e. The maximum absolute atomic E-state index is 14.9. The van der Waals surface area contributed by atoms with Crippen LogP contribution in [0.25, 0.3) is 6.08 Å². The Kier molecular flexibility index (Phi) is 11.0. The number of aromatic nitrogens is 2. The van der Waals surface area contributed by atoms with Crippen LogP contribution in [-0.2, 0) is 26.2 Å². The number of fused-ring (bicyclic) bond motifs is 3. The summed E-state index contributed by atoms with van der Waals surface area (Å²) in [6.07, 6.45) is 1.53. The van der Waals surface area contributed by atoms with E-state index in [1.807, 2.05) is 30.3 Å². The Morgan fingerprint density at radius 2 is 1.79 bits per heavy atom. The first-order chi connectivity index (χ1) is 29.2. The molecule has 4 aliphatic rings. The van der Waals surface area contributed by atoms with Crippen molar-refractivity contribution in [2.24, 2.45) is 11.7 Å². The number of aliphatic carboxylic acids is 1. The number of nitrogens with two attached hydrogens (primary N) is 1. The number of carboxylic acids is 1. The summed E-state index contributed by atoms with van der Waals surface area (Å²) in [5.74, 6) is -8.57. The molecule has 0 spiro atoms. The Balaban J connectivity index is 1.30. The number of carbonyl (C=O) groups excluding carboxylic acids is 1. The van der Waals surface area contributed by atoms with Crippen LogP contribution in [0.2, 0.25) is 0 Å². The van der Waals surface area contributed by atoms with Gasteiger partial charge >= 0.3 is 11.9 Å². The quantitative estimate of drug-likeness (QED) is 0.0544. The molecule has 1 saturated heterocycles. The predicted octanol–water partition coefficient (Wildman–Crippen LogP) is 1.27. The number of aromatic amines is 1. The van der Waals surface area contributed by atoms with E-state index in [1.165, 1.54) is 36.7 Å². The van der Waals surface area contributed by atoms with Gasteiger partial charge in [-0.25, -0.2) is 9.78 Å². The first-order valence-corrected chi connectivity index (χ1v) is 20.0. The van der Waals surface area contributed by atoms with Crippen molar-refractivity contribution in [1.29, 1.82) is 0 Å². The number of anilines is 1. The molecule has 17 nitrogen and oxygen atoms in total. The summed E-state index contributed by atoms with van der Waals surface area (Å²) in [6, 6.07) is 16.0. The van der Waals surface area contributed by atoms with Crippen LogP contribution < -0.4 is 15.4 Å². The van der Waals surface area contributed by atoms with Crippen molar-refractivity contribution in [3.8, 4) is 17.2 Å². The average molecular weight is 841 g/mol. The van der Waals surface area contributed by atoms with Gasteiger partial charge in [0.25, 0.3) is 5.91 Å². The second kappa shape index (κ2) is 16.0. The van der Waals surface area contributed by atoms with Gasteiger partial charge in [0.05, 0.1) is 18.6 Å². The van der Waals surface area contributed by atoms with Crippen molar-refractivity contribution in [1.82, 2.24) is 9.97 Å². The lowest BCUT2D eigenvalue weighted by molar-refractivity contribution is -0.422. The van der Waals surface area contributed by atoms with Crippen molar-refractivity contribution in [3.05, 3.63) is 119 Å². The van der Waals surface area contributed by atoms with E-state index in [0.29, 0.717) is 42.4 Å². The second-order valence-corrected chi connectivity index (χ2v) is 16.2. The fraction of sp³-hybridized carbons (Fsp3) is 0.386. The van der Waals surface area contributed by atoms with Gasteiger partial charge in [-0.05, 0) is 66.3 Å². The number of phenolic OH excluding ortho intramolecular Hbond substituents is 2. The fourth-order valence-electron chi connectivity index (χ4n) is 10.2. The van der Waals surface area contributed by atoms with Crippen LogP contribution in [0.3, 0.4) is 0 Å². The molecular formula is C44H48N4O13. The van der Waals surface area contributed by atoms with Crippen molar-refractivity contribution in [2.75, 3.05) is 18.1 Å². The van der Waals surface area contributed by atoms with Crippen LogP contribution in [0.4, 0.5) is 5.69 Å². The van der Waals surface area contributed by atoms with Crippen LogP contribution in [0.5, 0.6) is 17.2 Å². The molecule has 2 aliphatic carbocycles. The highest BCUT2D eigenvalue weighted by molar-refractivity contribution is 6.13. The SMILES string of the molecule is N[C@@H]1CCC[C@@]1(c1ccccc1)[C@@H]1C(CCO)=C[C@]2(C(=O)O)[C@H]1c1cc(O)c(O[C@]3(O)O[C@H](CO)[C@@H](O)[C@H](O)[C@H]3O)cc1N2C(=O)/C=C/c1ccc(O)c(Cc2cnc[nH]2)c1. The molecule has 4 aromatic rings. The number of carboxylic acid groups (broad SMARTS) is 1. The lowest BCUT2D eigenvalue weighted by Crippen LogP contribution is -2.67. The number of carbonyl (C=O) groups is 2. The third-order valence-corrected chi connectivity index (χ3v) is 12.9. The average Bonchev–Trinajstić information content (AvgIpc) is 4.03. The number of rotatable bonds is 12. The van der Waals surface area contributed by atoms with Gasteiger partial charge in [-0.3, -0.25) is 9.69 Å². The molecule has 12 N–H and O–H groups in total. The second-order valence-electron chi connectivity index (χ2n) is 16.2. The van der Waals surface area contributed by atoms with Crippen LogP contribution >= 0.6 is 0 Å². The normalized spacial score (nSPS) is 31.9. The van der Waals surface area contributed by atoms with Gasteiger partial charge in [0, 0.05) is 65.9 Å². The standard InChI is InChI=1S/C44H48N4O13/c45-34-7-4-13-42(34,26-5-2-1-3-6-26)36-24(12-14-49)19-43(41(57)58)37(36)28-17-31(52)32(60-44(59)40(56)39(55)38(54)33(21-50)61-44)18-29(28)48(43)35(53)11-9-23-8-10-30(51)25(15-23)16-27-20-46-22-47-27/h1-3,5-6,8-11,15,17-20,22,33-34,36-40,49-52,54-56,59H,4,7,12-14,16,21,45H2,(H,46,47)(H,57,58)/b11-9+/t33-,34-,36-,37+,38-,39+,40-,42+,43-,44+/m1/s1. The number of aromatic hydroxyl groups is 2. The van der Waals surface area contributed by atoms with Crippen LogP contribution in [0.1, 0.15) is 59.5 Å². The Bertz CT molecular complexity index is 2360. The van der Waals surface area contributed by atoms with Crippen molar-refractivity contribution in [2.45, 2.75) is 85.4 Å². The van der Waals surface area contributed by atoms with E-state index in [2.05, 4.69) is 9.97 Å². The highest BCUT2D eigenvalue weighted by atomic mass is 16.8. The summed E-state index contributed by atoms with van der Waals surface area (Å²) in [7, 11) is 0. The third kappa shape index (κ3) is 6.77. The van der Waals surface area contributed by atoms with E-state index in [1.54, 1.807) is 18.3 Å². The van der Waals surface area contributed by atoms with Gasteiger partial charge in [0.1, 0.15) is 24.1 Å². The number of nitrogens with zero attached hydrogens (tertiary/aromatic N) is 2.